The monoisotopic (exact) mass is 336 g/mol. The van der Waals surface area contributed by atoms with Crippen molar-refractivity contribution in [3.05, 3.63) is 59.2 Å². The van der Waals surface area contributed by atoms with Crippen molar-refractivity contribution in [3.63, 3.8) is 0 Å². The first-order valence-electron chi connectivity index (χ1n) is 6.68. The van der Waals surface area contributed by atoms with E-state index in [1.54, 1.807) is 25.1 Å². The summed E-state index contributed by atoms with van der Waals surface area (Å²) in [6, 6.07) is 9.15. The first kappa shape index (κ1) is 16.9. The van der Waals surface area contributed by atoms with Crippen LogP contribution in [0.4, 0.5) is 14.5 Å². The normalized spacial score (nSPS) is 12.5. The Labute approximate surface area is 133 Å². The van der Waals surface area contributed by atoms with Crippen LogP contribution < -0.4 is 5.32 Å². The molecule has 0 aliphatic carbocycles. The number of hydrogen-bond donors (Lipinski definition) is 1. The predicted molar refractivity (Wildman–Crippen MR) is 82.7 cm³/mol. The van der Waals surface area contributed by atoms with E-state index in [4.69, 9.17) is 5.26 Å². The van der Waals surface area contributed by atoms with E-state index >= 15 is 0 Å². The van der Waals surface area contributed by atoms with Gasteiger partial charge in [0.25, 0.3) is 0 Å². The summed E-state index contributed by atoms with van der Waals surface area (Å²) in [5, 5.41) is 11.4. The number of anilines is 1. The Morgan fingerprint density at radius 3 is 2.09 bits per heavy atom. The number of rotatable bonds is 4. The van der Waals surface area contributed by atoms with Crippen LogP contribution in [0.2, 0.25) is 0 Å². The molecule has 2 rings (SSSR count). The van der Waals surface area contributed by atoms with Crippen LogP contribution in [0.25, 0.3) is 0 Å². The molecule has 4 nitrogen and oxygen atoms in total. The third-order valence-corrected chi connectivity index (χ3v) is 4.47. The molecule has 0 spiro atoms. The Balaban J connectivity index is 2.26. The summed E-state index contributed by atoms with van der Waals surface area (Å²) in [6.07, 6.45) is 1.10. The minimum absolute atomic E-state index is 0.101. The van der Waals surface area contributed by atoms with Crippen molar-refractivity contribution < 1.29 is 17.2 Å². The molecule has 0 amide bonds. The summed E-state index contributed by atoms with van der Waals surface area (Å²) in [5.41, 5.74) is 0.236. The van der Waals surface area contributed by atoms with Gasteiger partial charge in [0.05, 0.1) is 16.5 Å². The molecule has 0 aliphatic rings. The third-order valence-electron chi connectivity index (χ3n) is 3.34. The van der Waals surface area contributed by atoms with Crippen LogP contribution in [0.5, 0.6) is 0 Å². The van der Waals surface area contributed by atoms with Crippen LogP contribution in [0, 0.1) is 23.0 Å². The average Bonchev–Trinajstić information content (AvgIpc) is 2.49. The highest BCUT2D eigenvalue weighted by molar-refractivity contribution is 7.90. The minimum Gasteiger partial charge on any atom is -0.374 e. The van der Waals surface area contributed by atoms with Gasteiger partial charge in [0.1, 0.15) is 5.69 Å². The van der Waals surface area contributed by atoms with Crippen molar-refractivity contribution in [1.82, 2.24) is 0 Å². The van der Waals surface area contributed by atoms with Gasteiger partial charge in [-0.25, -0.2) is 17.2 Å². The molecular weight excluding hydrogens is 322 g/mol. The van der Waals surface area contributed by atoms with Gasteiger partial charge < -0.3 is 5.32 Å². The summed E-state index contributed by atoms with van der Waals surface area (Å²) < 4.78 is 50.6. The fourth-order valence-electron chi connectivity index (χ4n) is 2.08. The number of nitriles is 1. The fraction of sp³-hybridized carbons (Fsp3) is 0.188. The minimum atomic E-state index is -3.30. The number of halogens is 2. The Hall–Kier alpha value is -2.46. The van der Waals surface area contributed by atoms with E-state index < -0.39 is 27.5 Å². The van der Waals surface area contributed by atoms with Gasteiger partial charge in [-0.3, -0.25) is 0 Å². The number of sulfone groups is 1. The maximum absolute atomic E-state index is 13.9. The van der Waals surface area contributed by atoms with Crippen molar-refractivity contribution in [2.45, 2.75) is 17.9 Å². The maximum Gasteiger partial charge on any atom is 0.175 e. The number of hydrogen-bond acceptors (Lipinski definition) is 4. The summed E-state index contributed by atoms with van der Waals surface area (Å²) in [7, 11) is -3.30. The van der Waals surface area contributed by atoms with Gasteiger partial charge in [0.15, 0.2) is 21.5 Å². The number of nitrogens with zero attached hydrogens (tertiary/aromatic N) is 1. The van der Waals surface area contributed by atoms with E-state index in [-0.39, 0.29) is 16.1 Å². The van der Waals surface area contributed by atoms with Gasteiger partial charge >= 0.3 is 0 Å². The van der Waals surface area contributed by atoms with E-state index in [1.807, 2.05) is 0 Å². The Morgan fingerprint density at radius 2 is 1.65 bits per heavy atom. The second-order valence-electron chi connectivity index (χ2n) is 5.13. The highest BCUT2D eigenvalue weighted by Crippen LogP contribution is 2.26. The fourth-order valence-corrected chi connectivity index (χ4v) is 2.71. The molecule has 2 aromatic rings. The standard InChI is InChI=1S/C16H14F2N2O2S/c1-10(12-3-5-13(6-4-12)23(2,21)22)20-16-14(17)7-11(9-19)8-15(16)18/h3-8,10,20H,1-2H3/t10-/m0/s1. The summed E-state index contributed by atoms with van der Waals surface area (Å²) in [6.45, 7) is 1.69. The van der Waals surface area contributed by atoms with Gasteiger partial charge in [-0.2, -0.15) is 5.26 Å². The Morgan fingerprint density at radius 1 is 1.13 bits per heavy atom. The molecule has 0 radical (unpaired) electrons. The van der Waals surface area contributed by atoms with Crippen molar-refractivity contribution in [3.8, 4) is 6.07 Å². The average molecular weight is 336 g/mol. The van der Waals surface area contributed by atoms with Crippen molar-refractivity contribution in [1.29, 1.82) is 5.26 Å². The highest BCUT2D eigenvalue weighted by Gasteiger charge is 2.15. The third kappa shape index (κ3) is 3.85. The lowest BCUT2D eigenvalue weighted by Gasteiger charge is -2.17. The quantitative estimate of drug-likeness (QED) is 0.929. The molecule has 0 saturated heterocycles. The maximum atomic E-state index is 13.9. The first-order chi connectivity index (χ1) is 10.7. The van der Waals surface area contributed by atoms with E-state index in [0.29, 0.717) is 5.56 Å². The topological polar surface area (TPSA) is 70.0 Å². The molecule has 0 unspecified atom stereocenters. The molecule has 0 aromatic heterocycles. The van der Waals surface area contributed by atoms with E-state index in [1.165, 1.54) is 12.1 Å². The molecule has 0 heterocycles. The van der Waals surface area contributed by atoms with E-state index in [2.05, 4.69) is 5.32 Å². The molecule has 23 heavy (non-hydrogen) atoms. The molecule has 0 saturated carbocycles. The molecule has 0 aliphatic heterocycles. The van der Waals surface area contributed by atoms with Gasteiger partial charge in [-0.1, -0.05) is 12.1 Å². The molecule has 0 fully saturated rings. The molecular formula is C16H14F2N2O2S. The van der Waals surface area contributed by atoms with Crippen LogP contribution in [0.15, 0.2) is 41.3 Å². The van der Waals surface area contributed by atoms with Crippen LogP contribution in [-0.2, 0) is 9.84 Å². The Kier molecular flexibility index (Phi) is 4.66. The lowest BCUT2D eigenvalue weighted by molar-refractivity contribution is 0.584. The lowest BCUT2D eigenvalue weighted by atomic mass is 10.1. The van der Waals surface area contributed by atoms with Crippen LogP contribution in [0.1, 0.15) is 24.1 Å². The smallest absolute Gasteiger partial charge is 0.175 e. The van der Waals surface area contributed by atoms with E-state index in [9.17, 15) is 17.2 Å². The lowest BCUT2D eigenvalue weighted by Crippen LogP contribution is -2.10. The molecule has 2 aromatic carbocycles. The molecule has 1 N–H and O–H groups in total. The second kappa shape index (κ2) is 6.34. The zero-order valence-electron chi connectivity index (χ0n) is 12.5. The summed E-state index contributed by atoms with van der Waals surface area (Å²) >= 11 is 0. The van der Waals surface area contributed by atoms with Crippen molar-refractivity contribution in [2.24, 2.45) is 0 Å². The summed E-state index contributed by atoms with van der Waals surface area (Å²) in [4.78, 5) is 0.171. The first-order valence-corrected chi connectivity index (χ1v) is 8.57. The largest absolute Gasteiger partial charge is 0.374 e. The Bertz CT molecular complexity index is 849. The number of benzene rings is 2. The molecule has 0 bridgehead atoms. The summed E-state index contributed by atoms with van der Waals surface area (Å²) in [5.74, 6) is -1.72. The number of nitrogens with one attached hydrogen (secondary N) is 1. The SMILES string of the molecule is C[C@H](Nc1c(F)cc(C#N)cc1F)c1ccc(S(C)(=O)=O)cc1. The zero-order valence-corrected chi connectivity index (χ0v) is 13.3. The molecule has 120 valence electrons. The van der Waals surface area contributed by atoms with Gasteiger partial charge in [0.2, 0.25) is 0 Å². The van der Waals surface area contributed by atoms with Crippen molar-refractivity contribution >= 4 is 15.5 Å². The van der Waals surface area contributed by atoms with Crippen molar-refractivity contribution in [2.75, 3.05) is 11.6 Å². The van der Waals surface area contributed by atoms with Gasteiger partial charge in [0, 0.05) is 12.3 Å². The van der Waals surface area contributed by atoms with E-state index in [0.717, 1.165) is 18.4 Å². The predicted octanol–water partition coefficient (Wildman–Crippen LogP) is 3.41. The molecule has 7 heteroatoms. The van der Waals surface area contributed by atoms with Gasteiger partial charge in [-0.15, -0.1) is 0 Å². The van der Waals surface area contributed by atoms with Crippen LogP contribution in [-0.4, -0.2) is 14.7 Å². The molecule has 1 atom stereocenters. The van der Waals surface area contributed by atoms with Gasteiger partial charge in [-0.05, 0) is 36.8 Å². The second-order valence-corrected chi connectivity index (χ2v) is 7.15. The van der Waals surface area contributed by atoms with Crippen LogP contribution >= 0.6 is 0 Å². The zero-order chi connectivity index (χ0) is 17.2. The highest BCUT2D eigenvalue weighted by atomic mass is 32.2. The van der Waals surface area contributed by atoms with Crippen LogP contribution in [0.3, 0.4) is 0 Å².